The van der Waals surface area contributed by atoms with Gasteiger partial charge in [-0.1, -0.05) is 12.1 Å². The van der Waals surface area contributed by atoms with Gasteiger partial charge in [0.05, 0.1) is 19.3 Å². The van der Waals surface area contributed by atoms with Crippen LogP contribution in [0.5, 0.6) is 5.75 Å². The molecule has 0 saturated carbocycles. The van der Waals surface area contributed by atoms with Crippen molar-refractivity contribution in [1.82, 2.24) is 25.1 Å². The SMILES string of the molecule is COc1ccc([C@H](NCc2cn[nH]c2C)c2nccn2C)cc1. The first-order chi connectivity index (χ1) is 11.2. The quantitative estimate of drug-likeness (QED) is 0.733. The maximum atomic E-state index is 5.24. The number of imidazole rings is 1. The molecule has 0 bridgehead atoms. The fraction of sp³-hybridized carbons (Fsp3) is 0.294. The molecule has 3 rings (SSSR count). The van der Waals surface area contributed by atoms with Gasteiger partial charge in [-0.2, -0.15) is 5.10 Å². The number of benzene rings is 1. The van der Waals surface area contributed by atoms with Crippen LogP contribution in [0.4, 0.5) is 0 Å². The number of nitrogens with one attached hydrogen (secondary N) is 2. The Morgan fingerprint density at radius 2 is 2.09 bits per heavy atom. The van der Waals surface area contributed by atoms with Gasteiger partial charge in [-0.15, -0.1) is 0 Å². The molecule has 6 nitrogen and oxygen atoms in total. The van der Waals surface area contributed by atoms with E-state index in [4.69, 9.17) is 4.74 Å². The third-order valence-corrected chi connectivity index (χ3v) is 4.00. The van der Waals surface area contributed by atoms with Gasteiger partial charge in [0.15, 0.2) is 0 Å². The van der Waals surface area contributed by atoms with Crippen molar-refractivity contribution >= 4 is 0 Å². The van der Waals surface area contributed by atoms with E-state index < -0.39 is 0 Å². The molecular formula is C17H21N5O. The summed E-state index contributed by atoms with van der Waals surface area (Å²) in [7, 11) is 3.68. The number of hydrogen-bond donors (Lipinski definition) is 2. The van der Waals surface area contributed by atoms with Crippen LogP contribution in [0.2, 0.25) is 0 Å². The average Bonchev–Trinajstić information content (AvgIpc) is 3.17. The maximum Gasteiger partial charge on any atom is 0.130 e. The van der Waals surface area contributed by atoms with E-state index in [-0.39, 0.29) is 6.04 Å². The van der Waals surface area contributed by atoms with Gasteiger partial charge in [-0.3, -0.25) is 10.4 Å². The Morgan fingerprint density at radius 1 is 1.30 bits per heavy atom. The highest BCUT2D eigenvalue weighted by atomic mass is 16.5. The molecule has 2 N–H and O–H groups in total. The topological polar surface area (TPSA) is 67.8 Å². The molecule has 1 aromatic carbocycles. The van der Waals surface area contributed by atoms with E-state index in [0.29, 0.717) is 6.54 Å². The zero-order valence-electron chi connectivity index (χ0n) is 13.6. The van der Waals surface area contributed by atoms with E-state index in [9.17, 15) is 0 Å². The van der Waals surface area contributed by atoms with Crippen LogP contribution in [0.25, 0.3) is 0 Å². The second-order valence-electron chi connectivity index (χ2n) is 5.50. The normalized spacial score (nSPS) is 12.3. The van der Waals surface area contributed by atoms with Crippen molar-refractivity contribution in [3.63, 3.8) is 0 Å². The summed E-state index contributed by atoms with van der Waals surface area (Å²) in [4.78, 5) is 4.50. The Bertz CT molecular complexity index is 759. The van der Waals surface area contributed by atoms with E-state index in [1.165, 1.54) is 0 Å². The molecule has 2 heterocycles. The monoisotopic (exact) mass is 311 g/mol. The molecule has 1 atom stereocenters. The summed E-state index contributed by atoms with van der Waals surface area (Å²) in [5, 5.41) is 10.6. The summed E-state index contributed by atoms with van der Waals surface area (Å²) in [5.74, 6) is 1.81. The minimum atomic E-state index is -0.00444. The van der Waals surface area contributed by atoms with Crippen molar-refractivity contribution in [2.75, 3.05) is 7.11 Å². The summed E-state index contributed by atoms with van der Waals surface area (Å²) in [6, 6.07) is 8.06. The fourth-order valence-electron chi connectivity index (χ4n) is 2.58. The van der Waals surface area contributed by atoms with Crippen LogP contribution < -0.4 is 10.1 Å². The molecule has 2 aromatic heterocycles. The van der Waals surface area contributed by atoms with Crippen molar-refractivity contribution in [3.05, 3.63) is 65.5 Å². The first kappa shape index (κ1) is 15.3. The summed E-state index contributed by atoms with van der Waals surface area (Å²) in [5.41, 5.74) is 3.37. The largest absolute Gasteiger partial charge is 0.497 e. The van der Waals surface area contributed by atoms with Crippen LogP contribution in [-0.2, 0) is 13.6 Å². The molecule has 120 valence electrons. The van der Waals surface area contributed by atoms with Crippen molar-refractivity contribution < 1.29 is 4.74 Å². The van der Waals surface area contributed by atoms with Gasteiger partial charge in [0.1, 0.15) is 11.6 Å². The molecule has 3 aromatic rings. The highest BCUT2D eigenvalue weighted by Crippen LogP contribution is 2.23. The van der Waals surface area contributed by atoms with Crippen molar-refractivity contribution in [2.24, 2.45) is 7.05 Å². The Balaban J connectivity index is 1.87. The standard InChI is InChI=1S/C17H21N5O/c1-12-14(11-20-21-12)10-19-16(17-18-8-9-22(17)2)13-4-6-15(23-3)7-5-13/h4-9,11,16,19H,10H2,1-3H3,(H,20,21)/t16-/m0/s1. The first-order valence-corrected chi connectivity index (χ1v) is 7.52. The summed E-state index contributed by atoms with van der Waals surface area (Å²) >= 11 is 0. The second kappa shape index (κ2) is 6.66. The van der Waals surface area contributed by atoms with Gasteiger partial charge in [0.25, 0.3) is 0 Å². The van der Waals surface area contributed by atoms with Gasteiger partial charge in [-0.25, -0.2) is 4.98 Å². The summed E-state index contributed by atoms with van der Waals surface area (Å²) < 4.78 is 7.28. The smallest absolute Gasteiger partial charge is 0.130 e. The van der Waals surface area contributed by atoms with E-state index in [2.05, 4.69) is 32.6 Å². The zero-order chi connectivity index (χ0) is 16.2. The molecule has 0 amide bonds. The molecule has 0 aliphatic rings. The predicted octanol–water partition coefficient (Wildman–Crippen LogP) is 2.34. The van der Waals surface area contributed by atoms with E-state index in [1.54, 1.807) is 7.11 Å². The van der Waals surface area contributed by atoms with Crippen LogP contribution in [0.15, 0.2) is 42.9 Å². The molecule has 0 saturated heterocycles. The zero-order valence-corrected chi connectivity index (χ0v) is 13.6. The molecule has 6 heteroatoms. The minimum absolute atomic E-state index is 0.00444. The Hall–Kier alpha value is -2.60. The molecule has 0 aliphatic heterocycles. The van der Waals surface area contributed by atoms with Crippen LogP contribution in [0.3, 0.4) is 0 Å². The minimum Gasteiger partial charge on any atom is -0.497 e. The number of hydrogen-bond acceptors (Lipinski definition) is 4. The lowest BCUT2D eigenvalue weighted by Gasteiger charge is -2.19. The third-order valence-electron chi connectivity index (χ3n) is 4.00. The van der Waals surface area contributed by atoms with Crippen LogP contribution in [-0.4, -0.2) is 26.9 Å². The van der Waals surface area contributed by atoms with Crippen LogP contribution >= 0.6 is 0 Å². The van der Waals surface area contributed by atoms with Crippen molar-refractivity contribution in [1.29, 1.82) is 0 Å². The first-order valence-electron chi connectivity index (χ1n) is 7.52. The number of rotatable bonds is 6. The average molecular weight is 311 g/mol. The Kier molecular flexibility index (Phi) is 4.43. The van der Waals surface area contributed by atoms with E-state index >= 15 is 0 Å². The molecule has 0 radical (unpaired) electrons. The molecule has 0 aliphatic carbocycles. The lowest BCUT2D eigenvalue weighted by molar-refractivity contribution is 0.414. The highest BCUT2D eigenvalue weighted by molar-refractivity contribution is 5.32. The van der Waals surface area contributed by atoms with Gasteiger partial charge in [0.2, 0.25) is 0 Å². The third kappa shape index (κ3) is 3.27. The number of H-pyrrole nitrogens is 1. The lowest BCUT2D eigenvalue weighted by atomic mass is 10.1. The van der Waals surface area contributed by atoms with Gasteiger partial charge in [0, 0.05) is 37.2 Å². The van der Waals surface area contributed by atoms with Crippen LogP contribution in [0, 0.1) is 6.92 Å². The number of methoxy groups -OCH3 is 1. The molecule has 23 heavy (non-hydrogen) atoms. The maximum absolute atomic E-state index is 5.24. The van der Waals surface area contributed by atoms with Gasteiger partial charge < -0.3 is 9.30 Å². The summed E-state index contributed by atoms with van der Waals surface area (Å²) in [6.07, 6.45) is 5.62. The van der Waals surface area contributed by atoms with E-state index in [1.807, 2.05) is 49.3 Å². The highest BCUT2D eigenvalue weighted by Gasteiger charge is 2.18. The number of aryl methyl sites for hydroxylation is 2. The number of ether oxygens (including phenoxy) is 1. The number of nitrogens with zero attached hydrogens (tertiary/aromatic N) is 3. The van der Waals surface area contributed by atoms with Crippen molar-refractivity contribution in [3.8, 4) is 5.75 Å². The fourth-order valence-corrected chi connectivity index (χ4v) is 2.58. The Labute approximate surface area is 135 Å². The summed E-state index contributed by atoms with van der Waals surface area (Å²) in [6.45, 7) is 2.74. The van der Waals surface area contributed by atoms with Crippen molar-refractivity contribution in [2.45, 2.75) is 19.5 Å². The second-order valence-corrected chi connectivity index (χ2v) is 5.50. The van der Waals surface area contributed by atoms with Gasteiger partial charge in [-0.05, 0) is 24.6 Å². The molecular weight excluding hydrogens is 290 g/mol. The molecule has 0 fully saturated rings. The van der Waals surface area contributed by atoms with E-state index in [0.717, 1.165) is 28.4 Å². The molecule has 0 spiro atoms. The van der Waals surface area contributed by atoms with Crippen LogP contribution in [0.1, 0.15) is 28.7 Å². The predicted molar refractivity (Wildman–Crippen MR) is 88.2 cm³/mol. The number of aromatic amines is 1. The number of aromatic nitrogens is 4. The lowest BCUT2D eigenvalue weighted by Crippen LogP contribution is -2.25. The van der Waals surface area contributed by atoms with Gasteiger partial charge >= 0.3 is 0 Å². The molecule has 0 unspecified atom stereocenters. The Morgan fingerprint density at radius 3 is 2.65 bits per heavy atom.